The summed E-state index contributed by atoms with van der Waals surface area (Å²) in [4.78, 5) is 25.1. The number of fused-ring (bicyclic) bond motifs is 9. The van der Waals surface area contributed by atoms with Crippen molar-refractivity contribution in [3.8, 4) is 0 Å². The van der Waals surface area contributed by atoms with Gasteiger partial charge in [-0.2, -0.15) is 0 Å². The van der Waals surface area contributed by atoms with Crippen molar-refractivity contribution >= 4 is 11.9 Å². The quantitative estimate of drug-likeness (QED) is 0.348. The van der Waals surface area contributed by atoms with Crippen molar-refractivity contribution in [2.45, 2.75) is 64.2 Å². The lowest BCUT2D eigenvalue weighted by Gasteiger charge is -2.31. The van der Waals surface area contributed by atoms with Crippen LogP contribution >= 0.6 is 0 Å². The van der Waals surface area contributed by atoms with E-state index in [2.05, 4.69) is 24.3 Å². The van der Waals surface area contributed by atoms with E-state index < -0.39 is 0 Å². The predicted molar refractivity (Wildman–Crippen MR) is 128 cm³/mol. The van der Waals surface area contributed by atoms with Gasteiger partial charge in [0.25, 0.3) is 0 Å². The highest BCUT2D eigenvalue weighted by Crippen LogP contribution is 2.63. The molecule has 0 amide bonds. The van der Waals surface area contributed by atoms with E-state index in [4.69, 9.17) is 9.47 Å². The highest BCUT2D eigenvalue weighted by atomic mass is 16.5. The first kappa shape index (κ1) is 21.7. The number of ether oxygens (including phenoxy) is 2. The molecule has 7 rings (SSSR count). The third-order valence-corrected chi connectivity index (χ3v) is 11.4. The maximum atomic E-state index is 12.6. The van der Waals surface area contributed by atoms with Gasteiger partial charge < -0.3 is 9.47 Å². The summed E-state index contributed by atoms with van der Waals surface area (Å²) in [6, 6.07) is 0. The van der Waals surface area contributed by atoms with Crippen LogP contribution in [0, 0.1) is 71.0 Å². The SMILES string of the molecule is O=C(OCCC1CC2C3CC(CCOC(=O)C4CC5C=CC4C5)C(C3)C2C1)C1CC2C=CC1C2. The standard InChI is InChI=1S/C30H40O4/c31-29(26-12-17-1-3-20(26)9-17)33-7-5-19-11-24-23-15-22(25(16-23)28(24)14-19)6-8-34-30(32)27-13-18-2-4-21(27)10-18/h1-4,17-28H,5-16H2. The van der Waals surface area contributed by atoms with Crippen molar-refractivity contribution in [1.29, 1.82) is 0 Å². The van der Waals surface area contributed by atoms with Gasteiger partial charge in [0, 0.05) is 0 Å². The number of carbonyl (C=O) groups is 2. The maximum Gasteiger partial charge on any atom is 0.309 e. The van der Waals surface area contributed by atoms with Gasteiger partial charge in [-0.3, -0.25) is 9.59 Å². The molecule has 4 nitrogen and oxygen atoms in total. The molecule has 4 heteroatoms. The van der Waals surface area contributed by atoms with Gasteiger partial charge in [0.2, 0.25) is 0 Å². The van der Waals surface area contributed by atoms with Gasteiger partial charge in [0.1, 0.15) is 0 Å². The molecule has 12 unspecified atom stereocenters. The van der Waals surface area contributed by atoms with E-state index in [-0.39, 0.29) is 23.8 Å². The summed E-state index contributed by atoms with van der Waals surface area (Å²) in [5.41, 5.74) is 0. The third-order valence-electron chi connectivity index (χ3n) is 11.4. The van der Waals surface area contributed by atoms with Gasteiger partial charge >= 0.3 is 11.9 Å². The van der Waals surface area contributed by atoms with E-state index in [0.717, 1.165) is 74.0 Å². The van der Waals surface area contributed by atoms with Crippen molar-refractivity contribution in [2.75, 3.05) is 13.2 Å². The van der Waals surface area contributed by atoms with Gasteiger partial charge in [-0.1, -0.05) is 24.3 Å². The summed E-state index contributed by atoms with van der Waals surface area (Å²) in [6.45, 7) is 1.24. The van der Waals surface area contributed by atoms with Crippen molar-refractivity contribution < 1.29 is 19.1 Å². The van der Waals surface area contributed by atoms with Crippen LogP contribution in [0.4, 0.5) is 0 Å². The van der Waals surface area contributed by atoms with E-state index in [0.29, 0.717) is 36.9 Å². The van der Waals surface area contributed by atoms with Gasteiger partial charge in [0.15, 0.2) is 0 Å². The van der Waals surface area contributed by atoms with Gasteiger partial charge in [-0.05, 0) is 123 Å². The first-order chi connectivity index (χ1) is 16.6. The predicted octanol–water partition coefficient (Wildman–Crippen LogP) is 5.58. The Balaban J connectivity index is 0.842. The zero-order valence-electron chi connectivity index (χ0n) is 20.4. The van der Waals surface area contributed by atoms with E-state index in [1.807, 2.05) is 0 Å². The fraction of sp³-hybridized carbons (Fsp3) is 0.800. The number of esters is 2. The molecule has 0 heterocycles. The normalized spacial score (nSPS) is 48.7. The minimum Gasteiger partial charge on any atom is -0.465 e. The Morgan fingerprint density at radius 1 is 0.618 bits per heavy atom. The Morgan fingerprint density at radius 2 is 1.24 bits per heavy atom. The molecular formula is C30H40O4. The smallest absolute Gasteiger partial charge is 0.309 e. The molecule has 6 bridgehead atoms. The fourth-order valence-corrected chi connectivity index (χ4v) is 9.85. The van der Waals surface area contributed by atoms with Crippen LogP contribution < -0.4 is 0 Å². The molecular weight excluding hydrogens is 424 g/mol. The highest BCUT2D eigenvalue weighted by molar-refractivity contribution is 5.74. The molecule has 34 heavy (non-hydrogen) atoms. The number of rotatable bonds is 8. The third kappa shape index (κ3) is 3.69. The molecule has 7 aliphatic carbocycles. The lowest BCUT2D eigenvalue weighted by Crippen LogP contribution is -2.27. The lowest BCUT2D eigenvalue weighted by atomic mass is 9.75. The Hall–Kier alpha value is -1.58. The maximum absolute atomic E-state index is 12.6. The molecule has 5 fully saturated rings. The lowest BCUT2D eigenvalue weighted by molar-refractivity contribution is -0.150. The van der Waals surface area contributed by atoms with Crippen molar-refractivity contribution in [2.24, 2.45) is 71.0 Å². The van der Waals surface area contributed by atoms with Crippen LogP contribution in [0.5, 0.6) is 0 Å². The molecule has 0 aromatic rings. The Kier molecular flexibility index (Phi) is 5.43. The summed E-state index contributed by atoms with van der Waals surface area (Å²) < 4.78 is 11.6. The second kappa shape index (κ2) is 8.52. The molecule has 0 saturated heterocycles. The van der Waals surface area contributed by atoms with Crippen molar-refractivity contribution in [3.05, 3.63) is 24.3 Å². The van der Waals surface area contributed by atoms with Crippen LogP contribution in [0.15, 0.2) is 24.3 Å². The Bertz CT molecular complexity index is 890. The fourth-order valence-electron chi connectivity index (χ4n) is 9.85. The summed E-state index contributed by atoms with van der Waals surface area (Å²) in [6.07, 6.45) is 20.9. The van der Waals surface area contributed by atoms with Crippen LogP contribution in [0.2, 0.25) is 0 Å². The second-order valence-corrected chi connectivity index (χ2v) is 13.0. The number of hydrogen-bond acceptors (Lipinski definition) is 4. The minimum atomic E-state index is 0.0613. The largest absolute Gasteiger partial charge is 0.465 e. The van der Waals surface area contributed by atoms with E-state index in [9.17, 15) is 9.59 Å². The first-order valence-electron chi connectivity index (χ1n) is 14.3. The van der Waals surface area contributed by atoms with Crippen LogP contribution in [0.1, 0.15) is 64.2 Å². The molecule has 0 aromatic carbocycles. The van der Waals surface area contributed by atoms with Crippen LogP contribution in [-0.2, 0) is 19.1 Å². The molecule has 184 valence electrons. The Morgan fingerprint density at radius 3 is 1.82 bits per heavy atom. The van der Waals surface area contributed by atoms with Crippen molar-refractivity contribution in [3.63, 3.8) is 0 Å². The zero-order valence-corrected chi connectivity index (χ0v) is 20.4. The molecule has 5 saturated carbocycles. The van der Waals surface area contributed by atoms with E-state index in [1.165, 1.54) is 25.7 Å². The average Bonchev–Trinajstić information content (AvgIpc) is 3.67. The molecule has 7 aliphatic rings. The van der Waals surface area contributed by atoms with Crippen LogP contribution in [-0.4, -0.2) is 25.2 Å². The van der Waals surface area contributed by atoms with E-state index in [1.54, 1.807) is 0 Å². The van der Waals surface area contributed by atoms with Crippen LogP contribution in [0.25, 0.3) is 0 Å². The summed E-state index contributed by atoms with van der Waals surface area (Å²) >= 11 is 0. The Labute approximate surface area is 203 Å². The van der Waals surface area contributed by atoms with Gasteiger partial charge in [-0.15, -0.1) is 0 Å². The molecule has 12 atom stereocenters. The summed E-state index contributed by atoms with van der Waals surface area (Å²) in [7, 11) is 0. The zero-order chi connectivity index (χ0) is 22.8. The monoisotopic (exact) mass is 464 g/mol. The number of hydrogen-bond donors (Lipinski definition) is 0. The van der Waals surface area contributed by atoms with Gasteiger partial charge in [-0.25, -0.2) is 0 Å². The van der Waals surface area contributed by atoms with Crippen molar-refractivity contribution in [1.82, 2.24) is 0 Å². The average molecular weight is 465 g/mol. The summed E-state index contributed by atoms with van der Waals surface area (Å²) in [5, 5.41) is 0. The second-order valence-electron chi connectivity index (χ2n) is 13.0. The number of carbonyl (C=O) groups excluding carboxylic acids is 2. The molecule has 0 aliphatic heterocycles. The molecule has 0 spiro atoms. The molecule has 0 N–H and O–H groups in total. The topological polar surface area (TPSA) is 52.6 Å². The highest BCUT2D eigenvalue weighted by Gasteiger charge is 2.55. The molecule has 0 radical (unpaired) electrons. The number of allylic oxidation sites excluding steroid dienone is 4. The summed E-state index contributed by atoms with van der Waals surface area (Å²) in [5.74, 6) is 7.50. The van der Waals surface area contributed by atoms with Gasteiger partial charge in [0.05, 0.1) is 25.0 Å². The van der Waals surface area contributed by atoms with Crippen LogP contribution in [0.3, 0.4) is 0 Å². The molecule has 0 aromatic heterocycles. The minimum absolute atomic E-state index is 0.0613. The first-order valence-corrected chi connectivity index (χ1v) is 14.3. The van der Waals surface area contributed by atoms with E-state index >= 15 is 0 Å².